The van der Waals surface area contributed by atoms with Crippen molar-refractivity contribution in [1.82, 2.24) is 9.55 Å². The van der Waals surface area contributed by atoms with E-state index in [1.54, 1.807) is 6.92 Å². The SMILES string of the molecule is Cc1cn([C@@H]2O[C@@H]3[C@H](OCc4ccccc4)CC[C@]3(OCc3ccccc3)[C@@H]2O)c(=O)[nH]c1=O. The molecule has 0 radical (unpaired) electrons. The van der Waals surface area contributed by atoms with E-state index in [-0.39, 0.29) is 12.7 Å². The molecule has 1 saturated heterocycles. The van der Waals surface area contributed by atoms with E-state index in [0.717, 1.165) is 11.1 Å². The lowest BCUT2D eigenvalue weighted by Gasteiger charge is -2.32. The predicted octanol–water partition coefficient (Wildman–Crippen LogP) is 2.44. The Balaban J connectivity index is 1.44. The van der Waals surface area contributed by atoms with Gasteiger partial charge in [0.25, 0.3) is 5.56 Å². The first kappa shape index (κ1) is 22.7. The molecule has 2 fully saturated rings. The first-order valence-electron chi connectivity index (χ1n) is 11.5. The maximum absolute atomic E-state index is 12.6. The maximum Gasteiger partial charge on any atom is 0.330 e. The summed E-state index contributed by atoms with van der Waals surface area (Å²) in [6.45, 7) is 2.29. The van der Waals surface area contributed by atoms with Crippen LogP contribution >= 0.6 is 0 Å². The molecular formula is C26H28N2O6. The Hall–Kier alpha value is -3.04. The minimum Gasteiger partial charge on any atom is -0.385 e. The second kappa shape index (κ2) is 9.31. The smallest absolute Gasteiger partial charge is 0.330 e. The largest absolute Gasteiger partial charge is 0.385 e. The minimum absolute atomic E-state index is 0.287. The van der Waals surface area contributed by atoms with Gasteiger partial charge in [-0.1, -0.05) is 60.7 Å². The quantitative estimate of drug-likeness (QED) is 0.557. The Morgan fingerprint density at radius 3 is 2.38 bits per heavy atom. The molecule has 34 heavy (non-hydrogen) atoms. The number of aliphatic hydroxyl groups excluding tert-OH is 1. The number of rotatable bonds is 7. The number of hydrogen-bond donors (Lipinski definition) is 2. The van der Waals surface area contributed by atoms with Crippen molar-refractivity contribution in [2.45, 2.75) is 63.1 Å². The highest BCUT2D eigenvalue weighted by Gasteiger charge is 2.64. The Kier molecular flexibility index (Phi) is 6.22. The van der Waals surface area contributed by atoms with Crippen LogP contribution in [-0.4, -0.2) is 38.6 Å². The van der Waals surface area contributed by atoms with Crippen molar-refractivity contribution in [3.63, 3.8) is 0 Å². The molecule has 0 spiro atoms. The number of aliphatic hydroxyl groups is 1. The predicted molar refractivity (Wildman–Crippen MR) is 124 cm³/mol. The van der Waals surface area contributed by atoms with E-state index in [1.807, 2.05) is 60.7 Å². The zero-order chi connectivity index (χ0) is 23.7. The number of ether oxygens (including phenoxy) is 3. The van der Waals surface area contributed by atoms with Crippen molar-refractivity contribution < 1.29 is 19.3 Å². The highest BCUT2D eigenvalue weighted by molar-refractivity contribution is 5.17. The molecule has 1 aliphatic heterocycles. The summed E-state index contributed by atoms with van der Waals surface area (Å²) in [6, 6.07) is 19.6. The van der Waals surface area contributed by atoms with Crippen LogP contribution in [0.3, 0.4) is 0 Å². The third-order valence-electron chi connectivity index (χ3n) is 6.77. The van der Waals surface area contributed by atoms with Crippen LogP contribution in [0.15, 0.2) is 76.4 Å². The lowest BCUT2D eigenvalue weighted by Crippen LogP contribution is -2.49. The van der Waals surface area contributed by atoms with E-state index in [0.29, 0.717) is 25.0 Å². The van der Waals surface area contributed by atoms with Crippen LogP contribution in [0.4, 0.5) is 0 Å². The molecule has 0 amide bonds. The number of nitrogens with one attached hydrogen (secondary N) is 1. The summed E-state index contributed by atoms with van der Waals surface area (Å²) in [6.07, 6.45) is -0.467. The fourth-order valence-corrected chi connectivity index (χ4v) is 4.93. The van der Waals surface area contributed by atoms with E-state index in [1.165, 1.54) is 10.8 Å². The van der Waals surface area contributed by atoms with Crippen LogP contribution in [0, 0.1) is 6.92 Å². The molecule has 8 nitrogen and oxygen atoms in total. The van der Waals surface area contributed by atoms with E-state index < -0.39 is 35.3 Å². The number of hydrogen-bond acceptors (Lipinski definition) is 6. The molecule has 8 heteroatoms. The van der Waals surface area contributed by atoms with Gasteiger partial charge >= 0.3 is 5.69 Å². The summed E-state index contributed by atoms with van der Waals surface area (Å²) in [7, 11) is 0. The molecule has 1 aliphatic carbocycles. The van der Waals surface area contributed by atoms with Crippen molar-refractivity contribution >= 4 is 0 Å². The summed E-state index contributed by atoms with van der Waals surface area (Å²) < 4.78 is 20.2. The van der Waals surface area contributed by atoms with E-state index in [4.69, 9.17) is 14.2 Å². The summed E-state index contributed by atoms with van der Waals surface area (Å²) in [4.78, 5) is 26.7. The second-order valence-corrected chi connectivity index (χ2v) is 8.97. The molecular weight excluding hydrogens is 436 g/mol. The average Bonchev–Trinajstić information content (AvgIpc) is 3.34. The Morgan fingerprint density at radius 2 is 1.71 bits per heavy atom. The first-order chi connectivity index (χ1) is 16.5. The van der Waals surface area contributed by atoms with E-state index in [2.05, 4.69) is 4.98 Å². The first-order valence-corrected chi connectivity index (χ1v) is 11.5. The third kappa shape index (κ3) is 4.14. The van der Waals surface area contributed by atoms with Gasteiger partial charge in [-0.15, -0.1) is 0 Å². The standard InChI is InChI=1S/C26H28N2O6/c1-17-14-28(25(31)27-23(17)30)24-21(29)26(33-16-19-10-6-3-7-11-19)13-12-20(22(26)34-24)32-15-18-8-4-2-5-9-18/h2-11,14,20-22,24,29H,12-13,15-16H2,1H3,(H,27,30,31)/t20-,21-,22-,24-,26+/m1/s1. The molecule has 5 atom stereocenters. The van der Waals surface area contributed by atoms with Gasteiger partial charge in [0.1, 0.15) is 17.8 Å². The van der Waals surface area contributed by atoms with Crippen molar-refractivity contribution in [2.24, 2.45) is 0 Å². The summed E-state index contributed by atoms with van der Waals surface area (Å²) in [5.41, 5.74) is 0.201. The summed E-state index contributed by atoms with van der Waals surface area (Å²) >= 11 is 0. The normalized spacial score (nSPS) is 28.2. The minimum atomic E-state index is -1.13. The summed E-state index contributed by atoms with van der Waals surface area (Å²) in [5, 5.41) is 11.5. The number of nitrogens with zero attached hydrogens (tertiary/aromatic N) is 1. The number of aromatic nitrogens is 2. The molecule has 2 aromatic carbocycles. The molecule has 1 aromatic heterocycles. The number of fused-ring (bicyclic) bond motifs is 1. The second-order valence-electron chi connectivity index (χ2n) is 8.97. The van der Waals surface area contributed by atoms with Gasteiger partial charge in [-0.2, -0.15) is 0 Å². The fourth-order valence-electron chi connectivity index (χ4n) is 4.93. The summed E-state index contributed by atoms with van der Waals surface area (Å²) in [5.74, 6) is 0. The molecule has 5 rings (SSSR count). The molecule has 2 heterocycles. The maximum atomic E-state index is 12.6. The van der Waals surface area contributed by atoms with E-state index >= 15 is 0 Å². The fraction of sp³-hybridized carbons (Fsp3) is 0.385. The van der Waals surface area contributed by atoms with Crippen molar-refractivity contribution in [1.29, 1.82) is 0 Å². The van der Waals surface area contributed by atoms with Crippen molar-refractivity contribution in [2.75, 3.05) is 0 Å². The molecule has 178 valence electrons. The number of benzene rings is 2. The average molecular weight is 465 g/mol. The Morgan fingerprint density at radius 1 is 1.06 bits per heavy atom. The van der Waals surface area contributed by atoms with Gasteiger partial charge in [0.05, 0.1) is 19.3 Å². The molecule has 0 unspecified atom stereocenters. The highest BCUT2D eigenvalue weighted by Crippen LogP contribution is 2.50. The molecule has 0 bridgehead atoms. The molecule has 3 aromatic rings. The number of aromatic amines is 1. The molecule has 1 saturated carbocycles. The zero-order valence-electron chi connectivity index (χ0n) is 18.9. The van der Waals surface area contributed by atoms with Gasteiger partial charge in [0, 0.05) is 11.8 Å². The van der Waals surface area contributed by atoms with Gasteiger partial charge in [0.15, 0.2) is 6.23 Å². The highest BCUT2D eigenvalue weighted by atomic mass is 16.6. The van der Waals surface area contributed by atoms with Gasteiger partial charge in [-0.05, 0) is 30.9 Å². The van der Waals surface area contributed by atoms with Gasteiger partial charge in [-0.3, -0.25) is 14.3 Å². The molecule has 2 N–H and O–H groups in total. The third-order valence-corrected chi connectivity index (χ3v) is 6.77. The van der Waals surface area contributed by atoms with Crippen LogP contribution in [0.5, 0.6) is 0 Å². The zero-order valence-corrected chi connectivity index (χ0v) is 18.9. The van der Waals surface area contributed by atoms with Crippen LogP contribution in [0.1, 0.15) is 35.8 Å². The van der Waals surface area contributed by atoms with E-state index in [9.17, 15) is 14.7 Å². The van der Waals surface area contributed by atoms with Gasteiger partial charge in [-0.25, -0.2) is 4.79 Å². The van der Waals surface area contributed by atoms with Crippen molar-refractivity contribution in [3.8, 4) is 0 Å². The Labute approximate surface area is 196 Å². The van der Waals surface area contributed by atoms with Gasteiger partial charge in [0.2, 0.25) is 0 Å². The number of H-pyrrole nitrogens is 1. The van der Waals surface area contributed by atoms with Crippen LogP contribution < -0.4 is 11.2 Å². The van der Waals surface area contributed by atoms with Crippen molar-refractivity contribution in [3.05, 3.63) is 104 Å². The van der Waals surface area contributed by atoms with Crippen LogP contribution in [0.2, 0.25) is 0 Å². The lowest BCUT2D eigenvalue weighted by atomic mass is 9.93. The lowest BCUT2D eigenvalue weighted by molar-refractivity contribution is -0.142. The Bertz CT molecular complexity index is 1240. The van der Waals surface area contributed by atoms with Gasteiger partial charge < -0.3 is 19.3 Å². The topological polar surface area (TPSA) is 103 Å². The van der Waals surface area contributed by atoms with Crippen LogP contribution in [-0.2, 0) is 27.4 Å². The number of aryl methyl sites for hydroxylation is 1. The molecule has 2 aliphatic rings. The van der Waals surface area contributed by atoms with Crippen LogP contribution in [0.25, 0.3) is 0 Å². The monoisotopic (exact) mass is 464 g/mol.